The van der Waals surface area contributed by atoms with Gasteiger partial charge in [0.05, 0.1) is 0 Å². The molecule has 1 aromatic rings. The van der Waals surface area contributed by atoms with E-state index in [0.29, 0.717) is 5.75 Å². The molecule has 0 aliphatic heterocycles. The van der Waals surface area contributed by atoms with Gasteiger partial charge in [-0.05, 0) is 38.0 Å². The minimum atomic E-state index is 0.375. The maximum Gasteiger partial charge on any atom is 0.123 e. The van der Waals surface area contributed by atoms with Crippen LogP contribution in [0.2, 0.25) is 0 Å². The smallest absolute Gasteiger partial charge is 0.123 e. The van der Waals surface area contributed by atoms with Gasteiger partial charge in [0.25, 0.3) is 0 Å². The van der Waals surface area contributed by atoms with Gasteiger partial charge in [-0.3, -0.25) is 0 Å². The molecule has 0 unspecified atom stereocenters. The zero-order valence-electron chi connectivity index (χ0n) is 9.17. The van der Waals surface area contributed by atoms with Gasteiger partial charge in [-0.1, -0.05) is 31.1 Å². The molecule has 14 heavy (non-hydrogen) atoms. The van der Waals surface area contributed by atoms with Gasteiger partial charge in [0.2, 0.25) is 0 Å². The fourth-order valence-electron chi connectivity index (χ4n) is 1.44. The van der Waals surface area contributed by atoms with Crippen LogP contribution < -0.4 is 0 Å². The highest BCUT2D eigenvalue weighted by Crippen LogP contribution is 2.26. The zero-order chi connectivity index (χ0) is 10.6. The fraction of sp³-hybridized carbons (Fsp3) is 0.385. The van der Waals surface area contributed by atoms with Crippen molar-refractivity contribution in [2.75, 3.05) is 0 Å². The van der Waals surface area contributed by atoms with E-state index in [1.54, 1.807) is 6.07 Å². The van der Waals surface area contributed by atoms with E-state index in [2.05, 4.69) is 13.0 Å². The number of aryl methyl sites for hydroxylation is 1. The lowest BCUT2D eigenvalue weighted by molar-refractivity contribution is 0.473. The molecule has 1 aromatic carbocycles. The van der Waals surface area contributed by atoms with E-state index >= 15 is 0 Å². The van der Waals surface area contributed by atoms with Gasteiger partial charge in [0.15, 0.2) is 0 Å². The average Bonchev–Trinajstić information content (AvgIpc) is 2.18. The zero-order valence-corrected chi connectivity index (χ0v) is 9.17. The van der Waals surface area contributed by atoms with Crippen LogP contribution in [0.3, 0.4) is 0 Å². The third-order valence-electron chi connectivity index (χ3n) is 2.32. The van der Waals surface area contributed by atoms with E-state index in [1.165, 1.54) is 5.56 Å². The molecule has 0 saturated carbocycles. The van der Waals surface area contributed by atoms with Crippen molar-refractivity contribution in [1.82, 2.24) is 0 Å². The summed E-state index contributed by atoms with van der Waals surface area (Å²) in [5.41, 5.74) is 3.30. The number of aromatic hydroxyl groups is 1. The SMILES string of the molecule is CCCC=C(C)c1cc(C)ccc1O. The highest BCUT2D eigenvalue weighted by molar-refractivity contribution is 5.69. The Balaban J connectivity index is 2.99. The first-order valence-corrected chi connectivity index (χ1v) is 5.12. The minimum absolute atomic E-state index is 0.375. The lowest BCUT2D eigenvalue weighted by atomic mass is 10.0. The number of benzene rings is 1. The quantitative estimate of drug-likeness (QED) is 0.766. The third-order valence-corrected chi connectivity index (χ3v) is 2.32. The Labute approximate surface area is 86.1 Å². The Kier molecular flexibility index (Phi) is 3.75. The lowest BCUT2D eigenvalue weighted by Gasteiger charge is -2.06. The number of hydrogen-bond donors (Lipinski definition) is 1. The number of phenolic OH excluding ortho intramolecular Hbond substituents is 1. The van der Waals surface area contributed by atoms with E-state index in [4.69, 9.17) is 0 Å². The maximum absolute atomic E-state index is 9.66. The van der Waals surface area contributed by atoms with Crippen molar-refractivity contribution in [2.24, 2.45) is 0 Å². The molecule has 0 amide bonds. The molecule has 76 valence electrons. The molecule has 0 aromatic heterocycles. The molecular formula is C13H18O. The highest BCUT2D eigenvalue weighted by Gasteiger charge is 2.02. The number of unbranched alkanes of at least 4 members (excludes halogenated alkanes) is 1. The predicted molar refractivity (Wildman–Crippen MR) is 61.4 cm³/mol. The Hall–Kier alpha value is -1.24. The molecule has 0 fully saturated rings. The first-order valence-electron chi connectivity index (χ1n) is 5.12. The summed E-state index contributed by atoms with van der Waals surface area (Å²) in [6.07, 6.45) is 4.39. The summed E-state index contributed by atoms with van der Waals surface area (Å²) in [6.45, 7) is 6.24. The van der Waals surface area contributed by atoms with Gasteiger partial charge in [-0.2, -0.15) is 0 Å². The second-order valence-corrected chi connectivity index (χ2v) is 3.70. The molecule has 0 aliphatic rings. The molecule has 0 atom stereocenters. The predicted octanol–water partition coefficient (Wildman–Crippen LogP) is 3.90. The molecule has 0 spiro atoms. The van der Waals surface area contributed by atoms with Crippen molar-refractivity contribution >= 4 is 5.57 Å². The van der Waals surface area contributed by atoms with E-state index < -0.39 is 0 Å². The van der Waals surface area contributed by atoms with Gasteiger partial charge in [0.1, 0.15) is 5.75 Å². The Morgan fingerprint density at radius 2 is 2.14 bits per heavy atom. The molecule has 1 N–H and O–H groups in total. The Morgan fingerprint density at radius 3 is 2.79 bits per heavy atom. The standard InChI is InChI=1S/C13H18O/c1-4-5-6-11(3)12-9-10(2)7-8-13(12)14/h6-9,14H,4-5H2,1-3H3. The van der Waals surface area contributed by atoms with E-state index in [9.17, 15) is 5.11 Å². The van der Waals surface area contributed by atoms with Crippen LogP contribution in [0.4, 0.5) is 0 Å². The molecule has 0 bridgehead atoms. The van der Waals surface area contributed by atoms with Gasteiger partial charge in [-0.15, -0.1) is 0 Å². The van der Waals surface area contributed by atoms with E-state index in [1.807, 2.05) is 26.0 Å². The normalized spacial score (nSPS) is 11.8. The van der Waals surface area contributed by atoms with E-state index in [-0.39, 0.29) is 0 Å². The molecular weight excluding hydrogens is 172 g/mol. The summed E-state index contributed by atoms with van der Waals surface area (Å²) in [5.74, 6) is 0.375. The van der Waals surface area contributed by atoms with Crippen molar-refractivity contribution in [3.63, 3.8) is 0 Å². The first kappa shape index (κ1) is 10.8. The van der Waals surface area contributed by atoms with Crippen molar-refractivity contribution < 1.29 is 5.11 Å². The summed E-state index contributed by atoms with van der Waals surface area (Å²) >= 11 is 0. The maximum atomic E-state index is 9.66. The summed E-state index contributed by atoms with van der Waals surface area (Å²) < 4.78 is 0. The van der Waals surface area contributed by atoms with Crippen LogP contribution in [0, 0.1) is 6.92 Å². The van der Waals surface area contributed by atoms with Crippen LogP contribution in [-0.4, -0.2) is 5.11 Å². The van der Waals surface area contributed by atoms with Crippen molar-refractivity contribution in [2.45, 2.75) is 33.6 Å². The number of rotatable bonds is 3. The van der Waals surface area contributed by atoms with Crippen LogP contribution in [0.1, 0.15) is 37.8 Å². The lowest BCUT2D eigenvalue weighted by Crippen LogP contribution is -1.83. The molecule has 0 heterocycles. The van der Waals surface area contributed by atoms with Crippen LogP contribution in [0.5, 0.6) is 5.75 Å². The van der Waals surface area contributed by atoms with Crippen LogP contribution >= 0.6 is 0 Å². The highest BCUT2D eigenvalue weighted by atomic mass is 16.3. The number of hydrogen-bond acceptors (Lipinski definition) is 1. The summed E-state index contributed by atoms with van der Waals surface area (Å²) in [6, 6.07) is 5.71. The van der Waals surface area contributed by atoms with Gasteiger partial charge < -0.3 is 5.11 Å². The van der Waals surface area contributed by atoms with Crippen molar-refractivity contribution in [3.05, 3.63) is 35.4 Å². The second kappa shape index (κ2) is 4.85. The van der Waals surface area contributed by atoms with Gasteiger partial charge in [-0.25, -0.2) is 0 Å². The fourth-order valence-corrected chi connectivity index (χ4v) is 1.44. The molecule has 1 rings (SSSR count). The molecule has 0 radical (unpaired) electrons. The second-order valence-electron chi connectivity index (χ2n) is 3.70. The van der Waals surface area contributed by atoms with Gasteiger partial charge in [0, 0.05) is 5.56 Å². The summed E-state index contributed by atoms with van der Waals surface area (Å²) in [4.78, 5) is 0. The van der Waals surface area contributed by atoms with Crippen LogP contribution in [0.15, 0.2) is 24.3 Å². The van der Waals surface area contributed by atoms with Crippen molar-refractivity contribution in [3.8, 4) is 5.75 Å². The topological polar surface area (TPSA) is 20.2 Å². The van der Waals surface area contributed by atoms with Crippen LogP contribution in [-0.2, 0) is 0 Å². The van der Waals surface area contributed by atoms with E-state index in [0.717, 1.165) is 24.0 Å². The van der Waals surface area contributed by atoms with Gasteiger partial charge >= 0.3 is 0 Å². The molecule has 1 nitrogen and oxygen atoms in total. The van der Waals surface area contributed by atoms with Crippen LogP contribution in [0.25, 0.3) is 5.57 Å². The summed E-state index contributed by atoms with van der Waals surface area (Å²) in [7, 11) is 0. The largest absolute Gasteiger partial charge is 0.507 e. The number of allylic oxidation sites excluding steroid dienone is 2. The monoisotopic (exact) mass is 190 g/mol. The Morgan fingerprint density at radius 1 is 1.43 bits per heavy atom. The number of phenols is 1. The Bertz CT molecular complexity index is 337. The molecule has 1 heteroatoms. The van der Waals surface area contributed by atoms with Crippen molar-refractivity contribution in [1.29, 1.82) is 0 Å². The minimum Gasteiger partial charge on any atom is -0.507 e. The third kappa shape index (κ3) is 2.63. The average molecular weight is 190 g/mol. The molecule has 0 aliphatic carbocycles. The first-order chi connectivity index (χ1) is 6.65. The summed E-state index contributed by atoms with van der Waals surface area (Å²) in [5, 5.41) is 9.66. The molecule has 0 saturated heterocycles.